The predicted octanol–water partition coefficient (Wildman–Crippen LogP) is 9.88. The van der Waals surface area contributed by atoms with Crippen LogP contribution < -0.4 is 10.1 Å². The average Bonchev–Trinajstić information content (AvgIpc) is 4.05. The maximum absolute atomic E-state index is 14.4. The van der Waals surface area contributed by atoms with Crippen LogP contribution in [0, 0.1) is 23.2 Å². The molecule has 0 spiro atoms. The van der Waals surface area contributed by atoms with E-state index < -0.39 is 79.9 Å². The first-order chi connectivity index (χ1) is 34.9. The standard InChI is InChI=1S/C57H95N5O11SSi/c1-20-75(21-2,22-3)73-47(31-37(6)32-48(56(10,11)12)71-54(67)45-24-23-29-62(45)55(68)72-57(13,14)15)39(8)50-58-42(35-74-50)33-38(7)49(63)59-44(34-41-25-27-43(69-18)28-26-41)52(65)60(16)40(9)51(64)61(17)46(30-36(4)5)53(66)70-19/h25-28,33,36-37,39-40,42,44-48H,20-24,29-32,34-35H2,1-19H3,(H,59,63)/b38-33+/t37-,39-,40-,42+,44-,45-,46-,47-,48-/m0/s1. The third-order valence-corrected chi connectivity index (χ3v) is 20.8. The Morgan fingerprint density at radius 1 is 0.880 bits per heavy atom. The largest absolute Gasteiger partial charge is 0.497 e. The highest BCUT2D eigenvalue weighted by molar-refractivity contribution is 8.14. The number of esters is 2. The average molecular weight is 1090 g/mol. The van der Waals surface area contributed by atoms with Crippen LogP contribution in [-0.2, 0) is 49.0 Å². The van der Waals surface area contributed by atoms with Crippen molar-refractivity contribution < 1.29 is 52.1 Å². The number of ether oxygens (including phenoxy) is 4. The summed E-state index contributed by atoms with van der Waals surface area (Å²) in [4.78, 5) is 91.5. The number of aliphatic imine (C=N–C) groups is 1. The van der Waals surface area contributed by atoms with Gasteiger partial charge in [0, 0.05) is 44.3 Å². The van der Waals surface area contributed by atoms with Gasteiger partial charge in [0.05, 0.1) is 31.4 Å². The minimum atomic E-state index is -2.12. The van der Waals surface area contributed by atoms with Gasteiger partial charge in [-0.15, -0.1) is 11.8 Å². The van der Waals surface area contributed by atoms with Crippen molar-refractivity contribution in [2.24, 2.45) is 28.2 Å². The third kappa shape index (κ3) is 18.9. The first-order valence-electron chi connectivity index (χ1n) is 27.3. The fourth-order valence-electron chi connectivity index (χ4n) is 9.66. The lowest BCUT2D eigenvalue weighted by atomic mass is 9.81. The quantitative estimate of drug-likeness (QED) is 0.0402. The highest BCUT2D eigenvalue weighted by Crippen LogP contribution is 2.37. The number of hydrogen-bond donors (Lipinski definition) is 1. The van der Waals surface area contributed by atoms with Crippen molar-refractivity contribution in [2.75, 3.05) is 40.6 Å². The fourth-order valence-corrected chi connectivity index (χ4v) is 13.7. The Labute approximate surface area is 455 Å². The maximum atomic E-state index is 14.4. The van der Waals surface area contributed by atoms with Crippen molar-refractivity contribution in [1.29, 1.82) is 0 Å². The molecule has 0 unspecified atom stereocenters. The molecule has 2 heterocycles. The molecule has 1 fully saturated rings. The van der Waals surface area contributed by atoms with Crippen LogP contribution in [0.3, 0.4) is 0 Å². The number of hydrogen-bond acceptors (Lipinski definition) is 13. The molecule has 1 aromatic rings. The number of rotatable bonds is 26. The van der Waals surface area contributed by atoms with E-state index in [1.54, 1.807) is 44.9 Å². The molecule has 75 heavy (non-hydrogen) atoms. The highest BCUT2D eigenvalue weighted by atomic mass is 32.2. The summed E-state index contributed by atoms with van der Waals surface area (Å²) in [5.41, 5.74) is 0.120. The molecule has 0 aromatic heterocycles. The van der Waals surface area contributed by atoms with E-state index in [1.807, 2.05) is 52.8 Å². The topological polar surface area (TPSA) is 183 Å². The molecule has 16 nitrogen and oxygen atoms in total. The summed E-state index contributed by atoms with van der Waals surface area (Å²) < 4.78 is 29.7. The molecule has 2 aliphatic rings. The lowest BCUT2D eigenvalue weighted by Crippen LogP contribution is -2.56. The summed E-state index contributed by atoms with van der Waals surface area (Å²) in [5.74, 6) is -0.866. The molecule has 1 saturated heterocycles. The van der Waals surface area contributed by atoms with Crippen molar-refractivity contribution in [3.05, 3.63) is 41.5 Å². The number of nitrogens with one attached hydrogen (secondary N) is 1. The number of nitrogens with zero attached hydrogens (tertiary/aromatic N) is 4. The Balaban J connectivity index is 1.87. The minimum absolute atomic E-state index is 0.0583. The number of thioether (sulfide) groups is 1. The zero-order valence-electron chi connectivity index (χ0n) is 49.1. The van der Waals surface area contributed by atoms with Crippen molar-refractivity contribution in [2.45, 2.75) is 209 Å². The van der Waals surface area contributed by atoms with E-state index in [-0.39, 0.29) is 41.7 Å². The second-order valence-electron chi connectivity index (χ2n) is 23.4. The van der Waals surface area contributed by atoms with Crippen molar-refractivity contribution in [1.82, 2.24) is 20.0 Å². The first kappa shape index (κ1) is 64.9. The second kappa shape index (κ2) is 28.8. The van der Waals surface area contributed by atoms with E-state index >= 15 is 0 Å². The smallest absolute Gasteiger partial charge is 0.411 e. The Kier molecular flexibility index (Phi) is 24.9. The molecular weight excluding hydrogens is 991 g/mol. The van der Waals surface area contributed by atoms with Gasteiger partial charge < -0.3 is 38.5 Å². The van der Waals surface area contributed by atoms with Crippen LogP contribution in [0.15, 0.2) is 40.9 Å². The summed E-state index contributed by atoms with van der Waals surface area (Å²) in [5, 5.41) is 3.94. The normalized spacial score (nSPS) is 19.2. The highest BCUT2D eigenvalue weighted by Gasteiger charge is 2.43. The summed E-state index contributed by atoms with van der Waals surface area (Å²) in [6.07, 6.45) is 3.86. The van der Waals surface area contributed by atoms with Gasteiger partial charge in [0.25, 0.3) is 0 Å². The molecular formula is C57H95N5O11SSi. The van der Waals surface area contributed by atoms with E-state index in [2.05, 4.69) is 60.7 Å². The van der Waals surface area contributed by atoms with Gasteiger partial charge in [-0.05, 0) is 120 Å². The van der Waals surface area contributed by atoms with E-state index in [0.717, 1.165) is 35.2 Å². The molecule has 4 amide bonds. The van der Waals surface area contributed by atoms with Gasteiger partial charge in [-0.1, -0.05) is 87.4 Å². The predicted molar refractivity (Wildman–Crippen MR) is 301 cm³/mol. The van der Waals surface area contributed by atoms with Gasteiger partial charge in [-0.2, -0.15) is 0 Å². The van der Waals surface area contributed by atoms with Crippen LogP contribution in [-0.4, -0.2) is 152 Å². The first-order valence-corrected chi connectivity index (χ1v) is 30.8. The molecule has 18 heteroatoms. The zero-order chi connectivity index (χ0) is 56.7. The molecule has 0 aliphatic carbocycles. The molecule has 1 aromatic carbocycles. The number of benzene rings is 1. The van der Waals surface area contributed by atoms with Crippen molar-refractivity contribution >= 4 is 60.9 Å². The molecule has 0 radical (unpaired) electrons. The van der Waals surface area contributed by atoms with Gasteiger partial charge in [0.2, 0.25) is 17.7 Å². The second-order valence-corrected chi connectivity index (χ2v) is 29.2. The molecule has 0 bridgehead atoms. The third-order valence-electron chi connectivity index (χ3n) is 14.9. The van der Waals surface area contributed by atoms with E-state index in [9.17, 15) is 28.8 Å². The summed E-state index contributed by atoms with van der Waals surface area (Å²) in [6, 6.07) is 6.35. The molecule has 0 saturated carbocycles. The molecule has 1 N–H and O–H groups in total. The van der Waals surface area contributed by atoms with Gasteiger partial charge in [-0.3, -0.25) is 24.3 Å². The SMILES string of the molecule is CC[Si](CC)(CC)O[C@@H](C[C@H](C)C[C@H](OC(=O)[C@@H]1CCCN1C(=O)OC(C)(C)C)C(C)(C)C)[C@H](C)C1=N[C@H](/C=C(\C)C(=O)N[C@@H](Cc2ccc(OC)cc2)C(=O)N(C)[C@@H](C)C(=O)N(C)[C@@H](CC(C)C)C(=O)OC)CS1. The number of amides is 4. The van der Waals surface area contributed by atoms with Crippen LogP contribution >= 0.6 is 11.8 Å². The Morgan fingerprint density at radius 3 is 2.03 bits per heavy atom. The van der Waals surface area contributed by atoms with Crippen molar-refractivity contribution in [3.8, 4) is 5.75 Å². The summed E-state index contributed by atoms with van der Waals surface area (Å²) >= 11 is 1.67. The zero-order valence-corrected chi connectivity index (χ0v) is 50.9. The van der Waals surface area contributed by atoms with Crippen LogP contribution in [0.5, 0.6) is 5.75 Å². The molecule has 3 rings (SSSR count). The lowest BCUT2D eigenvalue weighted by molar-refractivity contribution is -0.161. The minimum Gasteiger partial charge on any atom is -0.497 e. The van der Waals surface area contributed by atoms with Crippen LogP contribution in [0.1, 0.15) is 142 Å². The molecule has 424 valence electrons. The summed E-state index contributed by atoms with van der Waals surface area (Å²) in [7, 11) is 3.81. The van der Waals surface area contributed by atoms with Gasteiger partial charge in [0.15, 0.2) is 8.32 Å². The fraction of sp³-hybridized carbons (Fsp3) is 0.737. The Bertz CT molecular complexity index is 2130. The number of carbonyl (C=O) groups is 6. The van der Waals surface area contributed by atoms with E-state index in [4.69, 9.17) is 28.4 Å². The summed E-state index contributed by atoms with van der Waals surface area (Å²) in [6.45, 7) is 30.4. The number of likely N-dealkylation sites (tertiary alicyclic amines) is 1. The van der Waals surface area contributed by atoms with Gasteiger partial charge in [-0.25, -0.2) is 14.4 Å². The van der Waals surface area contributed by atoms with E-state index in [0.29, 0.717) is 49.3 Å². The monoisotopic (exact) mass is 1090 g/mol. The Hall–Kier alpha value is -4.42. The van der Waals surface area contributed by atoms with Gasteiger partial charge in [0.1, 0.15) is 41.6 Å². The van der Waals surface area contributed by atoms with E-state index in [1.165, 1.54) is 35.9 Å². The number of methoxy groups -OCH3 is 2. The lowest BCUT2D eigenvalue weighted by Gasteiger charge is -2.39. The Morgan fingerprint density at radius 2 is 1.49 bits per heavy atom. The number of carbonyl (C=O) groups excluding carboxylic acids is 6. The van der Waals surface area contributed by atoms with Crippen LogP contribution in [0.2, 0.25) is 18.1 Å². The number of likely N-dealkylation sites (N-methyl/N-ethyl adjacent to an activating group) is 2. The molecule has 9 atom stereocenters. The van der Waals surface area contributed by atoms with Crippen LogP contribution in [0.4, 0.5) is 4.79 Å². The van der Waals surface area contributed by atoms with Crippen LogP contribution in [0.25, 0.3) is 0 Å². The molecule has 2 aliphatic heterocycles. The van der Waals surface area contributed by atoms with Gasteiger partial charge >= 0.3 is 18.0 Å². The maximum Gasteiger partial charge on any atom is 0.411 e. The van der Waals surface area contributed by atoms with Crippen molar-refractivity contribution in [3.63, 3.8) is 0 Å².